The van der Waals surface area contributed by atoms with Crippen LogP contribution in [-0.2, 0) is 13.0 Å². The Hall–Kier alpha value is -4.80. The van der Waals surface area contributed by atoms with Crippen molar-refractivity contribution in [2.24, 2.45) is 0 Å². The highest BCUT2D eigenvalue weighted by molar-refractivity contribution is 7.09. The smallest absolute Gasteiger partial charge is 0.254 e. The summed E-state index contributed by atoms with van der Waals surface area (Å²) in [4.78, 5) is 40.1. The summed E-state index contributed by atoms with van der Waals surface area (Å²) in [6, 6.07) is 20.2. The summed E-state index contributed by atoms with van der Waals surface area (Å²) in [5, 5.41) is 17.5. The van der Waals surface area contributed by atoms with Crippen LogP contribution in [0.5, 0.6) is 0 Å². The highest BCUT2D eigenvalue weighted by Gasteiger charge is 2.26. The van der Waals surface area contributed by atoms with E-state index in [-0.39, 0.29) is 18.4 Å². The third-order valence-electron chi connectivity index (χ3n) is 8.11. The SMILES string of the molecule is Cc1csc(CN(C)C(=O)c2cc(C(=O)N[C@@H](Cc3ccccc3)[C@H](O)CN(C)c3cncc(C(C)C)c3)cc(-n3cccc3)c2)n1. The van der Waals surface area contributed by atoms with E-state index in [0.717, 1.165) is 27.5 Å². The number of carbonyl (C=O) groups excluding carboxylic acids is 2. The summed E-state index contributed by atoms with van der Waals surface area (Å²) < 4.78 is 1.86. The van der Waals surface area contributed by atoms with Crippen LogP contribution in [0.3, 0.4) is 0 Å². The van der Waals surface area contributed by atoms with Gasteiger partial charge in [0.1, 0.15) is 5.01 Å². The second kappa shape index (κ2) is 15.2. The van der Waals surface area contributed by atoms with Crippen molar-refractivity contribution in [2.45, 2.75) is 51.8 Å². The molecule has 2 aromatic carbocycles. The van der Waals surface area contributed by atoms with Gasteiger partial charge in [0.15, 0.2) is 0 Å². The topological polar surface area (TPSA) is 104 Å². The van der Waals surface area contributed by atoms with E-state index in [0.29, 0.717) is 35.7 Å². The number of rotatable bonds is 13. The van der Waals surface area contributed by atoms with Crippen molar-refractivity contribution < 1.29 is 14.7 Å². The Morgan fingerprint density at radius 2 is 1.70 bits per heavy atom. The molecule has 47 heavy (non-hydrogen) atoms. The fourth-order valence-corrected chi connectivity index (χ4v) is 6.20. The Labute approximate surface area is 280 Å². The van der Waals surface area contributed by atoms with Gasteiger partial charge in [-0.25, -0.2) is 4.98 Å². The molecule has 2 amide bonds. The third-order valence-corrected chi connectivity index (χ3v) is 9.06. The van der Waals surface area contributed by atoms with Gasteiger partial charge < -0.3 is 24.8 Å². The predicted octanol–water partition coefficient (Wildman–Crippen LogP) is 5.87. The number of nitrogens with zero attached hydrogens (tertiary/aromatic N) is 5. The van der Waals surface area contributed by atoms with Gasteiger partial charge in [-0.3, -0.25) is 14.6 Å². The molecule has 0 unspecified atom stereocenters. The molecular weight excluding hydrogens is 609 g/mol. The van der Waals surface area contributed by atoms with Crippen molar-refractivity contribution in [2.75, 3.05) is 25.5 Å². The van der Waals surface area contributed by atoms with Gasteiger partial charge in [0.05, 0.1) is 30.6 Å². The van der Waals surface area contributed by atoms with Crippen LogP contribution in [0.1, 0.15) is 62.3 Å². The monoisotopic (exact) mass is 650 g/mol. The summed E-state index contributed by atoms with van der Waals surface area (Å²) in [6.45, 7) is 6.79. The van der Waals surface area contributed by atoms with Gasteiger partial charge >= 0.3 is 0 Å². The second-order valence-corrected chi connectivity index (χ2v) is 13.2. The van der Waals surface area contributed by atoms with Gasteiger partial charge in [-0.05, 0) is 66.8 Å². The van der Waals surface area contributed by atoms with E-state index in [1.807, 2.05) is 89.9 Å². The molecule has 0 spiro atoms. The zero-order valence-corrected chi connectivity index (χ0v) is 28.3. The fraction of sp³-hybridized carbons (Fsp3) is 0.297. The van der Waals surface area contributed by atoms with Gasteiger partial charge in [0.2, 0.25) is 0 Å². The Morgan fingerprint density at radius 1 is 0.979 bits per heavy atom. The molecule has 3 heterocycles. The van der Waals surface area contributed by atoms with Crippen molar-refractivity contribution in [3.63, 3.8) is 0 Å². The number of hydrogen-bond donors (Lipinski definition) is 2. The van der Waals surface area contributed by atoms with E-state index in [4.69, 9.17) is 0 Å². The van der Waals surface area contributed by atoms with Gasteiger partial charge in [-0.15, -0.1) is 11.3 Å². The molecule has 0 aliphatic rings. The van der Waals surface area contributed by atoms with Crippen LogP contribution in [-0.4, -0.2) is 69.1 Å². The van der Waals surface area contributed by atoms with E-state index < -0.39 is 12.1 Å². The number of hydrogen-bond acceptors (Lipinski definition) is 7. The first kappa shape index (κ1) is 33.6. The molecule has 3 aromatic heterocycles. The Morgan fingerprint density at radius 3 is 2.38 bits per heavy atom. The lowest BCUT2D eigenvalue weighted by atomic mass is 9.99. The summed E-state index contributed by atoms with van der Waals surface area (Å²) in [5.74, 6) is -0.278. The highest BCUT2D eigenvalue weighted by Crippen LogP contribution is 2.22. The molecule has 5 rings (SSSR count). The zero-order valence-electron chi connectivity index (χ0n) is 27.5. The summed E-state index contributed by atoms with van der Waals surface area (Å²) >= 11 is 1.51. The van der Waals surface area contributed by atoms with E-state index in [1.54, 1.807) is 36.3 Å². The number of aryl methyl sites for hydroxylation is 1. The molecule has 5 aromatic rings. The number of likely N-dealkylation sites (N-methyl/N-ethyl adjacent to an activating group) is 1. The maximum absolute atomic E-state index is 14.0. The van der Waals surface area contributed by atoms with Crippen LogP contribution in [0.4, 0.5) is 5.69 Å². The normalized spacial score (nSPS) is 12.5. The van der Waals surface area contributed by atoms with E-state index in [2.05, 4.69) is 35.2 Å². The zero-order chi connectivity index (χ0) is 33.5. The Balaban J connectivity index is 1.41. The molecule has 2 N–H and O–H groups in total. The lowest BCUT2D eigenvalue weighted by Crippen LogP contribution is -2.49. The van der Waals surface area contributed by atoms with Crippen LogP contribution in [0.15, 0.2) is 96.9 Å². The molecule has 0 radical (unpaired) electrons. The van der Waals surface area contributed by atoms with Crippen LogP contribution >= 0.6 is 11.3 Å². The maximum atomic E-state index is 14.0. The van der Waals surface area contributed by atoms with Crippen LogP contribution < -0.4 is 10.2 Å². The summed E-state index contributed by atoms with van der Waals surface area (Å²) in [7, 11) is 3.64. The van der Waals surface area contributed by atoms with E-state index in [9.17, 15) is 14.7 Å². The van der Waals surface area contributed by atoms with E-state index >= 15 is 0 Å². The van der Waals surface area contributed by atoms with E-state index in [1.165, 1.54) is 11.3 Å². The summed E-state index contributed by atoms with van der Waals surface area (Å²) in [6.07, 6.45) is 6.89. The lowest BCUT2D eigenvalue weighted by molar-refractivity contribution is 0.0784. The number of carbonyl (C=O) groups is 2. The van der Waals surface area contributed by atoms with Gasteiger partial charge in [-0.1, -0.05) is 44.2 Å². The molecule has 244 valence electrons. The average Bonchev–Trinajstić information content (AvgIpc) is 3.76. The molecule has 9 nitrogen and oxygen atoms in total. The number of aliphatic hydroxyl groups is 1. The number of aliphatic hydroxyl groups excluding tert-OH is 1. The minimum atomic E-state index is -0.909. The van der Waals surface area contributed by atoms with Crippen molar-refractivity contribution in [3.05, 3.63) is 130 Å². The lowest BCUT2D eigenvalue weighted by Gasteiger charge is -2.29. The number of pyridine rings is 1. The van der Waals surface area contributed by atoms with Gasteiger partial charge in [0.25, 0.3) is 11.8 Å². The molecule has 0 fully saturated rings. The number of thiazole rings is 1. The minimum Gasteiger partial charge on any atom is -0.389 e. The Kier molecular flexibility index (Phi) is 10.8. The molecule has 0 bridgehead atoms. The van der Waals surface area contributed by atoms with Crippen molar-refractivity contribution in [1.82, 2.24) is 24.8 Å². The maximum Gasteiger partial charge on any atom is 0.254 e. The van der Waals surface area contributed by atoms with Crippen LogP contribution in [0.2, 0.25) is 0 Å². The molecule has 2 atom stereocenters. The average molecular weight is 651 g/mol. The second-order valence-electron chi connectivity index (χ2n) is 12.3. The van der Waals surface area contributed by atoms with Crippen molar-refractivity contribution in [3.8, 4) is 5.69 Å². The molecule has 0 aliphatic heterocycles. The molecule has 0 aliphatic carbocycles. The number of amides is 2. The molecule has 0 saturated carbocycles. The molecule has 0 saturated heterocycles. The standard InChI is InChI=1S/C37H42N6O3S/c1-25(2)30-19-32(21-38-20-30)41(4)22-34(44)33(15-27-11-7-6-8-12-27)40-36(45)28-16-29(18-31(17-28)43-13-9-10-14-43)37(46)42(5)23-35-39-26(3)24-47-35/h6-14,16-21,24-25,33-34,44H,15,22-23H2,1-5H3,(H,40,45)/t33-,34+/m0/s1. The highest BCUT2D eigenvalue weighted by atomic mass is 32.1. The number of anilines is 1. The minimum absolute atomic E-state index is 0.222. The number of nitrogens with one attached hydrogen (secondary N) is 1. The van der Waals surface area contributed by atoms with Crippen LogP contribution in [0.25, 0.3) is 5.69 Å². The molecule has 10 heteroatoms. The first-order chi connectivity index (χ1) is 22.6. The Bertz CT molecular complexity index is 1790. The quantitative estimate of drug-likeness (QED) is 0.165. The summed E-state index contributed by atoms with van der Waals surface area (Å²) in [5.41, 5.74) is 5.29. The largest absolute Gasteiger partial charge is 0.389 e. The number of aromatic nitrogens is 3. The molecular formula is C37H42N6O3S. The first-order valence-electron chi connectivity index (χ1n) is 15.7. The predicted molar refractivity (Wildman–Crippen MR) is 187 cm³/mol. The first-order valence-corrected chi connectivity index (χ1v) is 16.6. The van der Waals surface area contributed by atoms with Crippen molar-refractivity contribution in [1.29, 1.82) is 0 Å². The van der Waals surface area contributed by atoms with Gasteiger partial charge in [0, 0.05) is 67.1 Å². The van der Waals surface area contributed by atoms with Crippen LogP contribution in [0, 0.1) is 6.92 Å². The third kappa shape index (κ3) is 8.72. The fourth-order valence-electron chi connectivity index (χ4n) is 5.38. The van der Waals surface area contributed by atoms with Gasteiger partial charge in [-0.2, -0.15) is 0 Å². The van der Waals surface area contributed by atoms with Crippen molar-refractivity contribution >= 4 is 28.8 Å². The number of benzene rings is 2.